The van der Waals surface area contributed by atoms with E-state index in [-0.39, 0.29) is 21.5 Å². The smallest absolute Gasteiger partial charge is 0.326 e. The van der Waals surface area contributed by atoms with Gasteiger partial charge in [-0.05, 0) is 47.1 Å². The zero-order valence-electron chi connectivity index (χ0n) is 10.9. The van der Waals surface area contributed by atoms with Crippen molar-refractivity contribution in [2.75, 3.05) is 0 Å². The van der Waals surface area contributed by atoms with Gasteiger partial charge in [-0.25, -0.2) is 13.6 Å². The van der Waals surface area contributed by atoms with Crippen LogP contribution in [0.5, 0.6) is 0 Å². The summed E-state index contributed by atoms with van der Waals surface area (Å²) >= 11 is 1.69. The zero-order chi connectivity index (χ0) is 15.4. The predicted octanol–water partition coefficient (Wildman–Crippen LogP) is 2.80. The number of carbonyl (C=O) groups excluding carboxylic acids is 1. The molecule has 1 rings (SSSR count). The summed E-state index contributed by atoms with van der Waals surface area (Å²) in [5.74, 6) is -4.03. The third-order valence-electron chi connectivity index (χ3n) is 2.57. The lowest BCUT2D eigenvalue weighted by Gasteiger charge is -2.17. The van der Waals surface area contributed by atoms with Gasteiger partial charge in [-0.3, -0.25) is 4.79 Å². The molecule has 0 radical (unpaired) electrons. The molecule has 0 heterocycles. The van der Waals surface area contributed by atoms with E-state index in [0.717, 1.165) is 12.1 Å². The van der Waals surface area contributed by atoms with Gasteiger partial charge in [-0.1, -0.05) is 13.8 Å². The number of hydrogen-bond acceptors (Lipinski definition) is 2. The number of halogens is 3. The minimum atomic E-state index is -1.16. The molecule has 110 valence electrons. The molecule has 1 aromatic rings. The lowest BCUT2D eigenvalue weighted by Crippen LogP contribution is -2.41. The Morgan fingerprint density at radius 2 is 1.85 bits per heavy atom. The Kier molecular flexibility index (Phi) is 5.85. The van der Waals surface area contributed by atoms with Crippen LogP contribution in [0.2, 0.25) is 0 Å². The largest absolute Gasteiger partial charge is 0.480 e. The second-order valence-electron chi connectivity index (χ2n) is 4.74. The number of carboxylic acids is 1. The van der Waals surface area contributed by atoms with E-state index in [4.69, 9.17) is 5.11 Å². The minimum absolute atomic E-state index is 0.0698. The van der Waals surface area contributed by atoms with Crippen molar-refractivity contribution in [1.29, 1.82) is 0 Å². The Hall–Kier alpha value is -1.25. The summed E-state index contributed by atoms with van der Waals surface area (Å²) in [6.45, 7) is 3.65. The summed E-state index contributed by atoms with van der Waals surface area (Å²) in [5, 5.41) is 11.4. The van der Waals surface area contributed by atoms with Gasteiger partial charge in [-0.15, -0.1) is 0 Å². The van der Waals surface area contributed by atoms with Crippen LogP contribution in [0.1, 0.15) is 30.6 Å². The van der Waals surface area contributed by atoms with E-state index in [1.807, 2.05) is 13.8 Å². The average molecular weight is 397 g/mol. The number of aliphatic carboxylic acids is 1. The van der Waals surface area contributed by atoms with Crippen LogP contribution in [-0.4, -0.2) is 23.0 Å². The number of amides is 1. The molecule has 0 bridgehead atoms. The van der Waals surface area contributed by atoms with Crippen molar-refractivity contribution in [2.24, 2.45) is 5.92 Å². The second-order valence-corrected chi connectivity index (χ2v) is 5.90. The molecule has 7 heteroatoms. The monoisotopic (exact) mass is 397 g/mol. The first-order valence-electron chi connectivity index (χ1n) is 5.90. The van der Waals surface area contributed by atoms with Crippen LogP contribution in [0, 0.1) is 21.1 Å². The Morgan fingerprint density at radius 3 is 2.35 bits per heavy atom. The molecule has 0 unspecified atom stereocenters. The van der Waals surface area contributed by atoms with Crippen LogP contribution >= 0.6 is 22.6 Å². The van der Waals surface area contributed by atoms with Crippen molar-refractivity contribution >= 4 is 34.5 Å². The van der Waals surface area contributed by atoms with E-state index >= 15 is 0 Å². The summed E-state index contributed by atoms with van der Waals surface area (Å²) < 4.78 is 26.3. The molecule has 0 aliphatic carbocycles. The third-order valence-corrected chi connectivity index (χ3v) is 3.46. The number of hydrogen-bond donors (Lipinski definition) is 2. The molecular formula is C13H14F2INO3. The van der Waals surface area contributed by atoms with Gasteiger partial charge in [-0.2, -0.15) is 0 Å². The Morgan fingerprint density at radius 1 is 1.30 bits per heavy atom. The summed E-state index contributed by atoms with van der Waals surface area (Å²) in [6, 6.07) is 0.593. The van der Waals surface area contributed by atoms with Crippen molar-refractivity contribution in [3.63, 3.8) is 0 Å². The minimum Gasteiger partial charge on any atom is -0.480 e. The fraction of sp³-hybridized carbons (Fsp3) is 0.385. The fourth-order valence-corrected chi connectivity index (χ4v) is 2.30. The van der Waals surface area contributed by atoms with Gasteiger partial charge in [0.05, 0.1) is 5.56 Å². The van der Waals surface area contributed by atoms with Gasteiger partial charge in [0.15, 0.2) is 11.6 Å². The maximum atomic E-state index is 13.2. The SMILES string of the molecule is CC(C)C[C@@H](NC(=O)c1cc(F)c(F)cc1I)C(=O)O. The first-order chi connectivity index (χ1) is 9.22. The van der Waals surface area contributed by atoms with Gasteiger partial charge >= 0.3 is 5.97 Å². The molecule has 1 amide bonds. The van der Waals surface area contributed by atoms with Crippen LogP contribution < -0.4 is 5.32 Å². The van der Waals surface area contributed by atoms with E-state index in [2.05, 4.69) is 5.32 Å². The fourth-order valence-electron chi connectivity index (χ4n) is 1.63. The van der Waals surface area contributed by atoms with Crippen molar-refractivity contribution in [3.8, 4) is 0 Å². The second kappa shape index (κ2) is 6.96. The van der Waals surface area contributed by atoms with E-state index < -0.39 is 29.6 Å². The lowest BCUT2D eigenvalue weighted by atomic mass is 10.0. The van der Waals surface area contributed by atoms with E-state index in [1.54, 1.807) is 22.6 Å². The molecule has 0 aliphatic rings. The molecule has 4 nitrogen and oxygen atoms in total. The Balaban J connectivity index is 2.95. The van der Waals surface area contributed by atoms with Gasteiger partial charge in [0.25, 0.3) is 5.91 Å². The van der Waals surface area contributed by atoms with Crippen LogP contribution in [-0.2, 0) is 4.79 Å². The number of carboxylic acid groups (broad SMARTS) is 1. The summed E-state index contributed by atoms with van der Waals surface area (Å²) in [5.41, 5.74) is -0.0838. The quantitative estimate of drug-likeness (QED) is 0.593. The van der Waals surface area contributed by atoms with Crippen LogP contribution in [0.25, 0.3) is 0 Å². The zero-order valence-corrected chi connectivity index (χ0v) is 13.1. The van der Waals surface area contributed by atoms with Gasteiger partial charge in [0, 0.05) is 3.57 Å². The third kappa shape index (κ3) is 4.39. The van der Waals surface area contributed by atoms with Crippen LogP contribution in [0.4, 0.5) is 8.78 Å². The van der Waals surface area contributed by atoms with Crippen molar-refractivity contribution in [1.82, 2.24) is 5.32 Å². The number of rotatable bonds is 5. The highest BCUT2D eigenvalue weighted by atomic mass is 127. The predicted molar refractivity (Wildman–Crippen MR) is 77.4 cm³/mol. The Bertz CT molecular complexity index is 535. The molecule has 0 saturated heterocycles. The highest BCUT2D eigenvalue weighted by molar-refractivity contribution is 14.1. The topological polar surface area (TPSA) is 66.4 Å². The number of carbonyl (C=O) groups is 2. The van der Waals surface area contributed by atoms with Crippen LogP contribution in [0.15, 0.2) is 12.1 Å². The maximum Gasteiger partial charge on any atom is 0.326 e. The lowest BCUT2D eigenvalue weighted by molar-refractivity contribution is -0.139. The molecule has 20 heavy (non-hydrogen) atoms. The van der Waals surface area contributed by atoms with E-state index in [0.29, 0.717) is 0 Å². The number of benzene rings is 1. The van der Waals surface area contributed by atoms with E-state index in [9.17, 15) is 18.4 Å². The van der Waals surface area contributed by atoms with Crippen molar-refractivity contribution < 1.29 is 23.5 Å². The molecule has 1 atom stereocenters. The first kappa shape index (κ1) is 16.8. The summed E-state index contributed by atoms with van der Waals surface area (Å²) in [4.78, 5) is 23.0. The molecule has 0 spiro atoms. The maximum absolute atomic E-state index is 13.2. The highest BCUT2D eigenvalue weighted by Crippen LogP contribution is 2.17. The molecule has 2 N–H and O–H groups in total. The average Bonchev–Trinajstić information content (AvgIpc) is 2.32. The van der Waals surface area contributed by atoms with E-state index in [1.165, 1.54) is 0 Å². The van der Waals surface area contributed by atoms with Gasteiger partial charge in [0.2, 0.25) is 0 Å². The van der Waals surface area contributed by atoms with Crippen LogP contribution in [0.3, 0.4) is 0 Å². The van der Waals surface area contributed by atoms with Crippen molar-refractivity contribution in [3.05, 3.63) is 32.9 Å². The molecule has 0 aliphatic heterocycles. The van der Waals surface area contributed by atoms with Gasteiger partial charge in [0.1, 0.15) is 6.04 Å². The normalized spacial score (nSPS) is 12.3. The van der Waals surface area contributed by atoms with Crippen molar-refractivity contribution in [2.45, 2.75) is 26.3 Å². The summed E-state index contributed by atoms with van der Waals surface area (Å²) in [7, 11) is 0. The first-order valence-corrected chi connectivity index (χ1v) is 6.98. The number of nitrogens with one attached hydrogen (secondary N) is 1. The standard InChI is InChI=1S/C13H14F2INO3/c1-6(2)3-11(13(19)20)17-12(18)7-4-8(14)9(15)5-10(7)16/h4-6,11H,3H2,1-2H3,(H,17,18)(H,19,20)/t11-/m1/s1. The molecule has 0 aromatic heterocycles. The van der Waals surface area contributed by atoms with Gasteiger partial charge < -0.3 is 10.4 Å². The molecule has 0 saturated carbocycles. The molecule has 0 fully saturated rings. The summed E-state index contributed by atoms with van der Waals surface area (Å²) in [6.07, 6.45) is 0.251. The Labute approximate surface area is 128 Å². The highest BCUT2D eigenvalue weighted by Gasteiger charge is 2.23. The molecule has 1 aromatic carbocycles. The molecular weight excluding hydrogens is 383 g/mol.